The fourth-order valence-corrected chi connectivity index (χ4v) is 0.170. The molecule has 0 rings (SSSR count). The predicted octanol–water partition coefficient (Wildman–Crippen LogP) is 0.730. The van der Waals surface area contributed by atoms with Crippen molar-refractivity contribution in [2.45, 2.75) is 13.3 Å². The summed E-state index contributed by atoms with van der Waals surface area (Å²) in [6, 6.07) is 0. The van der Waals surface area contributed by atoms with E-state index in [-0.39, 0.29) is 7.85 Å². The van der Waals surface area contributed by atoms with E-state index in [0.717, 1.165) is 0 Å². The largest absolute Gasteiger partial charge is 1.00 e. The molecule has 4 nitrogen and oxygen atoms in total. The minimum absolute atomic E-state index is 0. The van der Waals surface area contributed by atoms with Crippen molar-refractivity contribution in [1.29, 1.82) is 0 Å². The topological polar surface area (TPSA) is 63.6 Å². The summed E-state index contributed by atoms with van der Waals surface area (Å²) >= 11 is 0. The Morgan fingerprint density at radius 1 is 1.75 bits per heavy atom. The quantitative estimate of drug-likeness (QED) is 0.408. The fourth-order valence-electron chi connectivity index (χ4n) is 0.170. The molecule has 0 fully saturated rings. The van der Waals surface area contributed by atoms with Gasteiger partial charge < -0.3 is 9.84 Å². The summed E-state index contributed by atoms with van der Waals surface area (Å²) in [5.74, 6) is -0.725. The second kappa shape index (κ2) is 3.01. The van der Waals surface area contributed by atoms with Crippen LogP contribution in [-0.2, 0) is 9.53 Å². The van der Waals surface area contributed by atoms with Crippen molar-refractivity contribution in [2.75, 3.05) is 0 Å². The molecule has 8 heavy (non-hydrogen) atoms. The minimum Gasteiger partial charge on any atom is -0.449 e. The van der Waals surface area contributed by atoms with Gasteiger partial charge in [-0.15, -0.1) is 0 Å². The highest BCUT2D eigenvalue weighted by molar-refractivity contribution is 5.80. The first-order chi connectivity index (χ1) is 3.66. The van der Waals surface area contributed by atoms with Gasteiger partial charge in [-0.2, -0.15) is 0 Å². The lowest BCUT2D eigenvalue weighted by Crippen LogP contribution is -2.07. The Balaban J connectivity index is 0. The summed E-state index contributed by atoms with van der Waals surface area (Å²) in [7, 11) is 0. The second-order valence-corrected chi connectivity index (χ2v) is 1.09. The van der Waals surface area contributed by atoms with Crippen molar-refractivity contribution < 1.29 is 20.9 Å². The number of carbonyl (C=O) groups excluding carboxylic acids is 1. The minimum atomic E-state index is -1.54. The van der Waals surface area contributed by atoms with Gasteiger partial charge in [0.05, 0.1) is 0 Å². The first-order valence-electron chi connectivity index (χ1n) is 2.10. The molecule has 0 amide bonds. The van der Waals surface area contributed by atoms with Crippen molar-refractivity contribution in [1.82, 2.24) is 0 Å². The summed E-state index contributed by atoms with van der Waals surface area (Å²) in [5.41, 5.74) is 0. The van der Waals surface area contributed by atoms with E-state index in [4.69, 9.17) is 5.11 Å². The predicted molar refractivity (Wildman–Crippen MR) is 25.5 cm³/mol. The maximum absolute atomic E-state index is 10.0. The average molecular weight is 119 g/mol. The molecule has 0 bridgehead atoms. The Labute approximate surface area is 47.5 Å². The van der Waals surface area contributed by atoms with Gasteiger partial charge >= 0.3 is 13.6 Å². The molecule has 1 N–H and O–H groups in total. The van der Waals surface area contributed by atoms with Crippen LogP contribution in [0.4, 0.5) is 4.79 Å². The highest BCUT2D eigenvalue weighted by Crippen LogP contribution is 1.82. The standard InChI is InChI=1S/C4H6O4/c1-2-3(5)8-4(6)7/h2H2,1H3,(H,6,7)/p+1. The maximum Gasteiger partial charge on any atom is 1.00 e. The van der Waals surface area contributed by atoms with Crippen molar-refractivity contribution in [2.24, 2.45) is 0 Å². The Morgan fingerprint density at radius 2 is 2.25 bits per heavy atom. The van der Waals surface area contributed by atoms with Gasteiger partial charge in [-0.3, -0.25) is 4.79 Å². The second-order valence-electron chi connectivity index (χ2n) is 1.09. The van der Waals surface area contributed by atoms with Gasteiger partial charge in [-0.05, 0) is 0 Å². The highest BCUT2D eigenvalue weighted by atomic mass is 16.7. The Morgan fingerprint density at radius 3 is 2.38 bits per heavy atom. The van der Waals surface area contributed by atoms with Gasteiger partial charge in [-0.1, -0.05) is 6.92 Å². The summed E-state index contributed by atoms with van der Waals surface area (Å²) in [5, 5.41) is 7.77. The van der Waals surface area contributed by atoms with E-state index in [1.54, 1.807) is 0 Å². The van der Waals surface area contributed by atoms with Crippen molar-refractivity contribution in [3.63, 3.8) is 0 Å². The zero-order valence-electron chi connectivity index (χ0n) is 5.38. The number of hydrogen-bond donors (Lipinski definition) is 1. The molecule has 0 heterocycles. The van der Waals surface area contributed by atoms with Crippen molar-refractivity contribution in [3.8, 4) is 0 Å². The van der Waals surface area contributed by atoms with E-state index in [1.165, 1.54) is 6.92 Å². The number of esters is 1. The molecule has 0 aromatic rings. The third-order valence-electron chi connectivity index (χ3n) is 0.490. The molecule has 0 aliphatic heterocycles. The molecule has 4 heteroatoms. The van der Waals surface area contributed by atoms with Crippen LogP contribution in [0.2, 0.25) is 0 Å². The van der Waals surface area contributed by atoms with Crippen molar-refractivity contribution in [3.05, 3.63) is 0 Å². The molecule has 0 aliphatic rings. The molecule has 0 aliphatic carbocycles. The molecule has 0 unspecified atom stereocenters. The van der Waals surface area contributed by atoms with Crippen LogP contribution in [0.3, 0.4) is 0 Å². The van der Waals surface area contributed by atoms with Gasteiger partial charge in [0.2, 0.25) is 0 Å². The molecular formula is C4H7O4+. The lowest BCUT2D eigenvalue weighted by atomic mass is 10.5. The van der Waals surface area contributed by atoms with E-state index < -0.39 is 12.1 Å². The van der Waals surface area contributed by atoms with Gasteiger partial charge in [0.15, 0.2) is 0 Å². The molecule has 0 aromatic carbocycles. The normalized spacial score (nSPS) is 8.12. The molecule has 0 radical (unpaired) electrons. The van der Waals surface area contributed by atoms with Gasteiger partial charge in [0.25, 0.3) is 0 Å². The molecule has 0 atom stereocenters. The highest BCUT2D eigenvalue weighted by Gasteiger charge is 2.02. The molecular weight excluding hydrogens is 112 g/mol. The van der Waals surface area contributed by atoms with Crippen LogP contribution in [0.5, 0.6) is 0 Å². The van der Waals surface area contributed by atoms with Crippen LogP contribution in [-0.4, -0.2) is 17.2 Å². The molecule has 0 saturated heterocycles. The van der Waals surface area contributed by atoms with E-state index in [2.05, 4.69) is 4.74 Å². The van der Waals surface area contributed by atoms with E-state index in [0.29, 0.717) is 0 Å². The number of hydrogen-bond acceptors (Lipinski definition) is 3. The van der Waals surface area contributed by atoms with Crippen LogP contribution < -0.4 is 0 Å². The van der Waals surface area contributed by atoms with Crippen LogP contribution in [0.25, 0.3) is 0 Å². The van der Waals surface area contributed by atoms with E-state index in [1.807, 2.05) is 0 Å². The summed E-state index contributed by atoms with van der Waals surface area (Å²) < 4.78 is 3.68. The maximum atomic E-state index is 10.0. The zero-order valence-corrected chi connectivity index (χ0v) is 4.38. The Bertz CT molecular complexity index is 111. The van der Waals surface area contributed by atoms with E-state index in [9.17, 15) is 9.59 Å². The lowest BCUT2D eigenvalue weighted by molar-refractivity contribution is -0.138. The average Bonchev–Trinajstić information content (AvgIpc) is 1.65. The van der Waals surface area contributed by atoms with Crippen molar-refractivity contribution >= 4 is 12.1 Å². The van der Waals surface area contributed by atoms with Crippen LogP contribution in [0, 0.1) is 0 Å². The smallest absolute Gasteiger partial charge is 0.449 e. The number of rotatable bonds is 1. The van der Waals surface area contributed by atoms with Crippen LogP contribution >= 0.6 is 0 Å². The Kier molecular flexibility index (Phi) is 2.61. The Hall–Kier alpha value is -1.06. The van der Waals surface area contributed by atoms with Crippen LogP contribution in [0.15, 0.2) is 0 Å². The third-order valence-corrected chi connectivity index (χ3v) is 0.490. The van der Waals surface area contributed by atoms with Gasteiger partial charge in [0.1, 0.15) is 0 Å². The number of ether oxygens (including phenoxy) is 1. The summed E-state index contributed by atoms with van der Waals surface area (Å²) in [4.78, 5) is 19.5. The van der Waals surface area contributed by atoms with Gasteiger partial charge in [-0.25, -0.2) is 4.79 Å². The first-order valence-corrected chi connectivity index (χ1v) is 2.10. The van der Waals surface area contributed by atoms with E-state index >= 15 is 0 Å². The zero-order chi connectivity index (χ0) is 6.57. The molecule has 0 saturated carbocycles. The first kappa shape index (κ1) is 6.94. The lowest BCUT2D eigenvalue weighted by Gasteiger charge is -1.90. The molecule has 0 aromatic heterocycles. The number of carboxylic acid groups (broad SMARTS) is 1. The molecule has 46 valence electrons. The SMILES string of the molecule is CCC(=O)OC(=O)O.[H+]. The monoisotopic (exact) mass is 119 g/mol. The summed E-state index contributed by atoms with van der Waals surface area (Å²) in [6.45, 7) is 1.52. The number of carbonyl (C=O) groups is 2. The summed E-state index contributed by atoms with van der Waals surface area (Å²) in [6.07, 6.45) is -1.45. The third kappa shape index (κ3) is 3.14. The van der Waals surface area contributed by atoms with Gasteiger partial charge in [0, 0.05) is 6.42 Å². The fraction of sp³-hybridized carbons (Fsp3) is 0.500. The molecule has 0 spiro atoms. The van der Waals surface area contributed by atoms with Crippen LogP contribution in [0.1, 0.15) is 14.8 Å².